The molecule has 0 amide bonds. The summed E-state index contributed by atoms with van der Waals surface area (Å²) in [6.45, 7) is 1.62. The van der Waals surface area contributed by atoms with Gasteiger partial charge >= 0.3 is 0 Å². The highest BCUT2D eigenvalue weighted by molar-refractivity contribution is 5.80. The van der Waals surface area contributed by atoms with Crippen molar-refractivity contribution in [2.75, 3.05) is 11.9 Å². The Morgan fingerprint density at radius 1 is 1.50 bits per heavy atom. The van der Waals surface area contributed by atoms with Crippen LogP contribution in [0, 0.1) is 5.82 Å². The first-order chi connectivity index (χ1) is 5.70. The molecule has 1 aromatic carbocycles. The van der Waals surface area contributed by atoms with Crippen LogP contribution in [0.1, 0.15) is 6.92 Å². The molecule has 2 nitrogen and oxygen atoms in total. The Labute approximate surface area is 70.4 Å². The van der Waals surface area contributed by atoms with Crippen molar-refractivity contribution in [2.24, 2.45) is 0 Å². The Bertz CT molecular complexity index is 286. The molecule has 0 bridgehead atoms. The van der Waals surface area contributed by atoms with E-state index in [-0.39, 0.29) is 18.1 Å². The van der Waals surface area contributed by atoms with E-state index in [1.54, 1.807) is 18.2 Å². The van der Waals surface area contributed by atoms with Gasteiger partial charge in [0.15, 0.2) is 0 Å². The van der Waals surface area contributed by atoms with Gasteiger partial charge in [0, 0.05) is 0 Å². The number of benzene rings is 1. The fourth-order valence-electron chi connectivity index (χ4n) is 0.824. The van der Waals surface area contributed by atoms with E-state index in [1.165, 1.54) is 13.0 Å². The standard InChI is InChI=1S/C9H10FNO/c1-7(12)6-11-9-5-3-2-4-8(9)10/h2-5,11H,6H2,1H3. The lowest BCUT2D eigenvalue weighted by molar-refractivity contribution is -0.115. The van der Waals surface area contributed by atoms with Gasteiger partial charge in [0.05, 0.1) is 12.2 Å². The van der Waals surface area contributed by atoms with E-state index in [1.807, 2.05) is 0 Å². The summed E-state index contributed by atoms with van der Waals surface area (Å²) in [6.07, 6.45) is 0. The molecule has 0 fully saturated rings. The van der Waals surface area contributed by atoms with Crippen LogP contribution in [0.5, 0.6) is 0 Å². The molecule has 3 heteroatoms. The fraction of sp³-hybridized carbons (Fsp3) is 0.222. The summed E-state index contributed by atoms with van der Waals surface area (Å²) in [7, 11) is 0. The van der Waals surface area contributed by atoms with Gasteiger partial charge in [-0.1, -0.05) is 12.1 Å². The van der Waals surface area contributed by atoms with Gasteiger partial charge in [-0.2, -0.15) is 0 Å². The van der Waals surface area contributed by atoms with Crippen LogP contribution in [-0.2, 0) is 4.79 Å². The Balaban J connectivity index is 2.63. The number of rotatable bonds is 3. The zero-order valence-electron chi connectivity index (χ0n) is 6.80. The maximum atomic E-state index is 12.9. The molecular weight excluding hydrogens is 157 g/mol. The van der Waals surface area contributed by atoms with E-state index in [9.17, 15) is 9.18 Å². The summed E-state index contributed by atoms with van der Waals surface area (Å²) in [5.74, 6) is -0.350. The lowest BCUT2D eigenvalue weighted by Gasteiger charge is -2.03. The van der Waals surface area contributed by atoms with Crippen LogP contribution in [-0.4, -0.2) is 12.3 Å². The van der Waals surface area contributed by atoms with Crippen LogP contribution in [0.15, 0.2) is 24.3 Å². The van der Waals surface area contributed by atoms with Crippen LogP contribution < -0.4 is 5.32 Å². The number of hydrogen-bond donors (Lipinski definition) is 1. The predicted octanol–water partition coefficient (Wildman–Crippen LogP) is 1.83. The molecular formula is C9H10FNO. The molecule has 1 rings (SSSR count). The van der Waals surface area contributed by atoms with Crippen LogP contribution in [0.2, 0.25) is 0 Å². The Kier molecular flexibility index (Phi) is 2.80. The normalized spacial score (nSPS) is 9.50. The van der Waals surface area contributed by atoms with Crippen molar-refractivity contribution >= 4 is 11.5 Å². The number of carbonyl (C=O) groups is 1. The average Bonchev–Trinajstić information content (AvgIpc) is 2.03. The molecule has 0 aliphatic carbocycles. The van der Waals surface area contributed by atoms with E-state index in [4.69, 9.17) is 0 Å². The zero-order valence-corrected chi connectivity index (χ0v) is 6.80. The molecule has 0 aliphatic heterocycles. The lowest BCUT2D eigenvalue weighted by Crippen LogP contribution is -2.10. The highest BCUT2D eigenvalue weighted by atomic mass is 19.1. The second-order valence-corrected chi connectivity index (χ2v) is 2.54. The number of Topliss-reactive ketones (excluding diaryl/α,β-unsaturated/α-hetero) is 1. The van der Waals surface area contributed by atoms with Crippen molar-refractivity contribution in [2.45, 2.75) is 6.92 Å². The average molecular weight is 167 g/mol. The smallest absolute Gasteiger partial charge is 0.148 e. The van der Waals surface area contributed by atoms with Crippen LogP contribution >= 0.6 is 0 Å². The Morgan fingerprint density at radius 2 is 2.17 bits per heavy atom. The van der Waals surface area contributed by atoms with Gasteiger partial charge in [-0.25, -0.2) is 4.39 Å². The summed E-state index contributed by atoms with van der Waals surface area (Å²) in [6, 6.07) is 6.26. The summed E-state index contributed by atoms with van der Waals surface area (Å²) in [4.78, 5) is 10.5. The minimum Gasteiger partial charge on any atom is -0.376 e. The van der Waals surface area contributed by atoms with Gasteiger partial charge in [-0.3, -0.25) is 4.79 Å². The topological polar surface area (TPSA) is 29.1 Å². The quantitative estimate of drug-likeness (QED) is 0.744. The molecule has 0 saturated carbocycles. The molecule has 0 spiro atoms. The predicted molar refractivity (Wildman–Crippen MR) is 45.6 cm³/mol. The minimum absolute atomic E-state index is 0.0155. The van der Waals surface area contributed by atoms with E-state index < -0.39 is 0 Å². The van der Waals surface area contributed by atoms with Gasteiger partial charge in [0.2, 0.25) is 0 Å². The molecule has 0 atom stereocenters. The van der Waals surface area contributed by atoms with Crippen LogP contribution in [0.25, 0.3) is 0 Å². The fourth-order valence-corrected chi connectivity index (χ4v) is 0.824. The van der Waals surface area contributed by atoms with Gasteiger partial charge in [-0.05, 0) is 19.1 Å². The molecule has 64 valence electrons. The van der Waals surface area contributed by atoms with E-state index in [0.717, 1.165) is 0 Å². The Hall–Kier alpha value is -1.38. The summed E-state index contributed by atoms with van der Waals surface area (Å²) in [5, 5.41) is 2.69. The highest BCUT2D eigenvalue weighted by Gasteiger charge is 1.99. The van der Waals surface area contributed by atoms with Crippen molar-refractivity contribution in [3.63, 3.8) is 0 Å². The van der Waals surface area contributed by atoms with Gasteiger partial charge in [0.1, 0.15) is 11.6 Å². The van der Waals surface area contributed by atoms with Crippen molar-refractivity contribution in [1.82, 2.24) is 0 Å². The number of para-hydroxylation sites is 1. The first-order valence-electron chi connectivity index (χ1n) is 3.68. The second kappa shape index (κ2) is 3.85. The molecule has 0 saturated heterocycles. The first kappa shape index (κ1) is 8.71. The molecule has 0 radical (unpaired) electrons. The number of ketones is 1. The molecule has 1 aromatic rings. The number of halogens is 1. The largest absolute Gasteiger partial charge is 0.376 e. The van der Waals surface area contributed by atoms with Crippen LogP contribution in [0.4, 0.5) is 10.1 Å². The summed E-state index contributed by atoms with van der Waals surface area (Å²) >= 11 is 0. The molecule has 0 heterocycles. The number of hydrogen-bond acceptors (Lipinski definition) is 2. The molecule has 0 aromatic heterocycles. The van der Waals surface area contributed by atoms with E-state index in [0.29, 0.717) is 5.69 Å². The van der Waals surface area contributed by atoms with Crippen molar-refractivity contribution < 1.29 is 9.18 Å². The van der Waals surface area contributed by atoms with E-state index in [2.05, 4.69) is 5.32 Å². The maximum Gasteiger partial charge on any atom is 0.148 e. The van der Waals surface area contributed by atoms with Crippen molar-refractivity contribution in [3.05, 3.63) is 30.1 Å². The van der Waals surface area contributed by atoms with Crippen molar-refractivity contribution in [1.29, 1.82) is 0 Å². The second-order valence-electron chi connectivity index (χ2n) is 2.54. The molecule has 1 N–H and O–H groups in total. The summed E-state index contributed by atoms with van der Waals surface area (Å²) < 4.78 is 12.9. The molecule has 0 unspecified atom stereocenters. The van der Waals surface area contributed by atoms with Crippen LogP contribution in [0.3, 0.4) is 0 Å². The molecule has 12 heavy (non-hydrogen) atoms. The lowest BCUT2D eigenvalue weighted by atomic mass is 10.3. The first-order valence-corrected chi connectivity index (χ1v) is 3.68. The van der Waals surface area contributed by atoms with Gasteiger partial charge in [0.25, 0.3) is 0 Å². The third-order valence-electron chi connectivity index (χ3n) is 1.40. The monoisotopic (exact) mass is 167 g/mol. The number of anilines is 1. The third kappa shape index (κ3) is 2.34. The maximum absolute atomic E-state index is 12.9. The Morgan fingerprint density at radius 3 is 2.75 bits per heavy atom. The number of nitrogens with one attached hydrogen (secondary N) is 1. The SMILES string of the molecule is CC(=O)CNc1ccccc1F. The number of carbonyl (C=O) groups excluding carboxylic acids is 1. The zero-order chi connectivity index (χ0) is 8.97. The highest BCUT2D eigenvalue weighted by Crippen LogP contribution is 2.11. The van der Waals surface area contributed by atoms with Gasteiger partial charge < -0.3 is 5.32 Å². The van der Waals surface area contributed by atoms with Gasteiger partial charge in [-0.15, -0.1) is 0 Å². The third-order valence-corrected chi connectivity index (χ3v) is 1.40. The minimum atomic E-state index is -0.334. The summed E-state index contributed by atoms with van der Waals surface area (Å²) in [5.41, 5.74) is 0.368. The van der Waals surface area contributed by atoms with Crippen molar-refractivity contribution in [3.8, 4) is 0 Å². The van der Waals surface area contributed by atoms with E-state index >= 15 is 0 Å². The molecule has 0 aliphatic rings.